The van der Waals surface area contributed by atoms with Gasteiger partial charge in [-0.1, -0.05) is 25.1 Å². The molecule has 0 saturated carbocycles. The molecule has 0 aliphatic rings. The first kappa shape index (κ1) is 15.3. The van der Waals surface area contributed by atoms with Crippen LogP contribution in [-0.2, 0) is 0 Å². The summed E-state index contributed by atoms with van der Waals surface area (Å²) in [5.41, 5.74) is 0.309. The number of benzene rings is 2. The van der Waals surface area contributed by atoms with Gasteiger partial charge in [0.05, 0.1) is 13.6 Å². The standard InChI is InChI=1S/C15H12BrIO3/c1-2-12(18)10-8-11(16)15(13(17)14(10)19)20-9-6-4-3-5-7-9/h3-8,19H,2H2,1H3. The molecule has 0 amide bonds. The van der Waals surface area contributed by atoms with Gasteiger partial charge in [-0.2, -0.15) is 0 Å². The Morgan fingerprint density at radius 3 is 2.60 bits per heavy atom. The lowest BCUT2D eigenvalue weighted by atomic mass is 10.1. The van der Waals surface area contributed by atoms with Crippen LogP contribution >= 0.6 is 38.5 Å². The first-order chi connectivity index (χ1) is 9.54. The molecule has 0 aromatic heterocycles. The average Bonchev–Trinajstić information content (AvgIpc) is 2.47. The van der Waals surface area contributed by atoms with Gasteiger partial charge in [0.25, 0.3) is 0 Å². The molecule has 0 bridgehead atoms. The molecule has 2 aromatic carbocycles. The smallest absolute Gasteiger partial charge is 0.166 e. The van der Waals surface area contributed by atoms with Crippen LogP contribution in [0.2, 0.25) is 0 Å². The van der Waals surface area contributed by atoms with Gasteiger partial charge in [0.1, 0.15) is 11.5 Å². The molecule has 0 aliphatic carbocycles. The highest BCUT2D eigenvalue weighted by Crippen LogP contribution is 2.41. The predicted molar refractivity (Wildman–Crippen MR) is 89.7 cm³/mol. The van der Waals surface area contributed by atoms with E-state index in [4.69, 9.17) is 4.74 Å². The summed E-state index contributed by atoms with van der Waals surface area (Å²) in [7, 11) is 0. The third kappa shape index (κ3) is 3.15. The second-order valence-corrected chi connectivity index (χ2v) is 6.02. The summed E-state index contributed by atoms with van der Waals surface area (Å²) in [5.74, 6) is 1.03. The van der Waals surface area contributed by atoms with E-state index in [0.29, 0.717) is 31.5 Å². The number of phenolic OH excluding ortho intramolecular Hbond substituents is 1. The van der Waals surface area contributed by atoms with Crippen LogP contribution in [0.15, 0.2) is 40.9 Å². The number of phenols is 1. The van der Waals surface area contributed by atoms with Crippen LogP contribution in [0.5, 0.6) is 17.2 Å². The largest absolute Gasteiger partial charge is 0.506 e. The van der Waals surface area contributed by atoms with Crippen molar-refractivity contribution in [1.82, 2.24) is 0 Å². The fourth-order valence-electron chi connectivity index (χ4n) is 1.69. The van der Waals surface area contributed by atoms with Crippen LogP contribution in [0, 0.1) is 3.57 Å². The Morgan fingerprint density at radius 1 is 1.35 bits per heavy atom. The van der Waals surface area contributed by atoms with E-state index < -0.39 is 0 Å². The Bertz CT molecular complexity index is 641. The summed E-state index contributed by atoms with van der Waals surface area (Å²) in [5, 5.41) is 10.2. The number of rotatable bonds is 4. The Labute approximate surface area is 139 Å². The van der Waals surface area contributed by atoms with Crippen molar-refractivity contribution in [3.05, 3.63) is 50.0 Å². The van der Waals surface area contributed by atoms with E-state index in [1.165, 1.54) is 0 Å². The Morgan fingerprint density at radius 2 is 2.00 bits per heavy atom. The minimum atomic E-state index is -0.104. The van der Waals surface area contributed by atoms with Crippen molar-refractivity contribution in [2.75, 3.05) is 0 Å². The third-order valence-electron chi connectivity index (χ3n) is 2.73. The van der Waals surface area contributed by atoms with Crippen LogP contribution < -0.4 is 4.74 Å². The highest BCUT2D eigenvalue weighted by atomic mass is 127. The van der Waals surface area contributed by atoms with Gasteiger partial charge in [-0.05, 0) is 56.7 Å². The number of Topliss-reactive ketones (excluding diaryl/α,β-unsaturated/α-hetero) is 1. The zero-order valence-electron chi connectivity index (χ0n) is 10.7. The minimum Gasteiger partial charge on any atom is -0.506 e. The molecule has 2 rings (SSSR count). The molecule has 0 saturated heterocycles. The quantitative estimate of drug-likeness (QED) is 0.522. The van der Waals surface area contributed by atoms with Crippen LogP contribution in [0.1, 0.15) is 23.7 Å². The number of carbonyl (C=O) groups excluding carboxylic acids is 1. The molecule has 0 radical (unpaired) electrons. The maximum absolute atomic E-state index is 11.8. The first-order valence-corrected chi connectivity index (χ1v) is 7.88. The van der Waals surface area contributed by atoms with Crippen LogP contribution in [-0.4, -0.2) is 10.9 Å². The summed E-state index contributed by atoms with van der Waals surface area (Å²) in [6.45, 7) is 1.76. The molecule has 20 heavy (non-hydrogen) atoms. The lowest BCUT2D eigenvalue weighted by Gasteiger charge is -2.13. The number of aromatic hydroxyl groups is 1. The maximum Gasteiger partial charge on any atom is 0.166 e. The number of hydrogen-bond acceptors (Lipinski definition) is 3. The van der Waals surface area contributed by atoms with Gasteiger partial charge in [0.2, 0.25) is 0 Å². The number of ether oxygens (including phenoxy) is 1. The summed E-state index contributed by atoms with van der Waals surface area (Å²) in [6.07, 6.45) is 0.342. The number of hydrogen-bond donors (Lipinski definition) is 1. The molecule has 0 heterocycles. The van der Waals surface area contributed by atoms with Gasteiger partial charge < -0.3 is 9.84 Å². The van der Waals surface area contributed by atoms with Gasteiger partial charge >= 0.3 is 0 Å². The molecule has 104 valence electrons. The summed E-state index contributed by atoms with van der Waals surface area (Å²) in [6, 6.07) is 10.9. The molecule has 0 atom stereocenters. The third-order valence-corrected chi connectivity index (χ3v) is 4.32. The van der Waals surface area contributed by atoms with Crippen molar-refractivity contribution in [2.24, 2.45) is 0 Å². The van der Waals surface area contributed by atoms with Crippen LogP contribution in [0.4, 0.5) is 0 Å². The number of ketones is 1. The van der Waals surface area contributed by atoms with Crippen molar-refractivity contribution >= 4 is 44.3 Å². The SMILES string of the molecule is CCC(=O)c1cc(Br)c(Oc2ccccc2)c(I)c1O. The molecule has 3 nitrogen and oxygen atoms in total. The van der Waals surface area contributed by atoms with Crippen LogP contribution in [0.3, 0.4) is 0 Å². The predicted octanol–water partition coefficient (Wildman–Crippen LogP) is 5.14. The lowest BCUT2D eigenvalue weighted by molar-refractivity contribution is 0.0985. The van der Waals surface area contributed by atoms with Crippen molar-refractivity contribution < 1.29 is 14.6 Å². The number of carbonyl (C=O) groups is 1. The highest BCUT2D eigenvalue weighted by Gasteiger charge is 2.19. The van der Waals surface area contributed by atoms with E-state index in [0.717, 1.165) is 0 Å². The van der Waals surface area contributed by atoms with E-state index >= 15 is 0 Å². The number of halogens is 2. The van der Waals surface area contributed by atoms with Crippen molar-refractivity contribution in [3.63, 3.8) is 0 Å². The molecular formula is C15H12BrIO3. The normalized spacial score (nSPS) is 10.3. The van der Waals surface area contributed by atoms with Gasteiger partial charge in [-0.15, -0.1) is 0 Å². The van der Waals surface area contributed by atoms with Gasteiger partial charge in [-0.25, -0.2) is 0 Å². The fraction of sp³-hybridized carbons (Fsp3) is 0.133. The molecule has 2 aromatic rings. The number of para-hydroxylation sites is 1. The van der Waals surface area contributed by atoms with Gasteiger partial charge in [-0.3, -0.25) is 4.79 Å². The summed E-state index contributed by atoms with van der Waals surface area (Å²) >= 11 is 5.37. The Balaban J connectivity index is 2.45. The monoisotopic (exact) mass is 446 g/mol. The summed E-state index contributed by atoms with van der Waals surface area (Å²) in [4.78, 5) is 11.8. The van der Waals surface area contributed by atoms with E-state index in [9.17, 15) is 9.90 Å². The molecule has 0 aliphatic heterocycles. The van der Waals surface area contributed by atoms with Crippen molar-refractivity contribution in [3.8, 4) is 17.2 Å². The zero-order valence-corrected chi connectivity index (χ0v) is 14.4. The van der Waals surface area contributed by atoms with E-state index in [1.54, 1.807) is 13.0 Å². The molecular weight excluding hydrogens is 435 g/mol. The van der Waals surface area contributed by atoms with Crippen molar-refractivity contribution in [1.29, 1.82) is 0 Å². The first-order valence-electron chi connectivity index (χ1n) is 6.01. The zero-order chi connectivity index (χ0) is 14.7. The highest BCUT2D eigenvalue weighted by molar-refractivity contribution is 14.1. The molecule has 0 fully saturated rings. The van der Waals surface area contributed by atoms with E-state index in [-0.39, 0.29) is 11.5 Å². The molecule has 5 heteroatoms. The topological polar surface area (TPSA) is 46.5 Å². The molecule has 1 N–H and O–H groups in total. The molecule has 0 unspecified atom stereocenters. The minimum absolute atomic E-state index is 0.0356. The Hall–Kier alpha value is -1.08. The van der Waals surface area contributed by atoms with E-state index in [2.05, 4.69) is 15.9 Å². The Kier molecular flexibility index (Phi) is 5.04. The molecule has 0 spiro atoms. The lowest BCUT2D eigenvalue weighted by Crippen LogP contribution is -2.00. The van der Waals surface area contributed by atoms with Gasteiger partial charge in [0, 0.05) is 6.42 Å². The summed E-state index contributed by atoms with van der Waals surface area (Å²) < 4.78 is 6.91. The second-order valence-electron chi connectivity index (χ2n) is 4.09. The second kappa shape index (κ2) is 6.58. The average molecular weight is 447 g/mol. The maximum atomic E-state index is 11.8. The van der Waals surface area contributed by atoms with Crippen molar-refractivity contribution in [2.45, 2.75) is 13.3 Å². The van der Waals surface area contributed by atoms with E-state index in [1.807, 2.05) is 52.9 Å². The van der Waals surface area contributed by atoms with Crippen LogP contribution in [0.25, 0.3) is 0 Å². The fourth-order valence-corrected chi connectivity index (χ4v) is 3.26. The van der Waals surface area contributed by atoms with Gasteiger partial charge in [0.15, 0.2) is 11.5 Å².